The van der Waals surface area contributed by atoms with E-state index in [1.54, 1.807) is 0 Å². The van der Waals surface area contributed by atoms with Gasteiger partial charge in [-0.2, -0.15) is 0 Å². The average molecular weight is 802 g/mol. The van der Waals surface area contributed by atoms with Crippen molar-refractivity contribution in [2.24, 2.45) is 0 Å². The third kappa shape index (κ3) is 5.25. The molecule has 0 unspecified atom stereocenters. The molecule has 0 saturated carbocycles. The number of anilines is 3. The van der Waals surface area contributed by atoms with Gasteiger partial charge in [-0.25, -0.2) is 0 Å². The Labute approximate surface area is 366 Å². The van der Waals surface area contributed by atoms with E-state index in [1.807, 2.05) is 6.07 Å². The summed E-state index contributed by atoms with van der Waals surface area (Å²) in [5.74, 6) is 0. The number of fused-ring (bicyclic) bond motifs is 13. The van der Waals surface area contributed by atoms with Gasteiger partial charge in [0, 0.05) is 33.3 Å². The van der Waals surface area contributed by atoms with E-state index >= 15 is 0 Å². The fourth-order valence-corrected chi connectivity index (χ4v) is 10.8. The van der Waals surface area contributed by atoms with Crippen molar-refractivity contribution in [2.45, 2.75) is 5.41 Å². The van der Waals surface area contributed by atoms with Gasteiger partial charge in [0.2, 0.25) is 0 Å². The van der Waals surface area contributed by atoms with Crippen LogP contribution in [0.2, 0.25) is 0 Å². The highest BCUT2D eigenvalue weighted by atomic mass is 16.3. The van der Waals surface area contributed by atoms with E-state index in [0.717, 1.165) is 50.1 Å². The van der Waals surface area contributed by atoms with Crippen LogP contribution in [-0.2, 0) is 5.41 Å². The van der Waals surface area contributed by atoms with Crippen LogP contribution in [-0.4, -0.2) is 0 Å². The maximum absolute atomic E-state index is 6.50. The van der Waals surface area contributed by atoms with Crippen LogP contribution in [0.15, 0.2) is 241 Å². The van der Waals surface area contributed by atoms with Crippen molar-refractivity contribution in [2.75, 3.05) is 4.90 Å². The third-order valence-corrected chi connectivity index (χ3v) is 13.5. The fraction of sp³-hybridized carbons (Fsp3) is 0.0164. The first-order valence-corrected chi connectivity index (χ1v) is 21.8. The van der Waals surface area contributed by atoms with Gasteiger partial charge in [-0.05, 0) is 103 Å². The maximum Gasteiger partial charge on any atom is 0.143 e. The minimum Gasteiger partial charge on any atom is -0.455 e. The number of furan rings is 1. The first kappa shape index (κ1) is 35.5. The largest absolute Gasteiger partial charge is 0.455 e. The molecule has 11 aromatic rings. The topological polar surface area (TPSA) is 16.4 Å². The summed E-state index contributed by atoms with van der Waals surface area (Å²) in [6, 6.07) is 86.4. The zero-order valence-electron chi connectivity index (χ0n) is 34.4. The first-order chi connectivity index (χ1) is 31.3. The molecule has 294 valence electrons. The smallest absolute Gasteiger partial charge is 0.143 e. The molecular formula is C61H39NO. The summed E-state index contributed by atoms with van der Waals surface area (Å²) in [5.41, 5.74) is 22.1. The van der Waals surface area contributed by atoms with Crippen LogP contribution in [0.5, 0.6) is 0 Å². The minimum atomic E-state index is -0.439. The number of rotatable bonds is 6. The zero-order valence-corrected chi connectivity index (χ0v) is 34.4. The lowest BCUT2D eigenvalue weighted by atomic mass is 9.70. The van der Waals surface area contributed by atoms with Crippen molar-refractivity contribution < 1.29 is 4.42 Å². The second kappa shape index (κ2) is 13.9. The molecule has 0 amide bonds. The molecule has 0 saturated heterocycles. The van der Waals surface area contributed by atoms with Crippen molar-refractivity contribution >= 4 is 39.0 Å². The van der Waals surface area contributed by atoms with Gasteiger partial charge in [0.05, 0.1) is 11.1 Å². The van der Waals surface area contributed by atoms with Gasteiger partial charge in [0.25, 0.3) is 0 Å². The third-order valence-electron chi connectivity index (χ3n) is 13.5. The molecule has 0 atom stereocenters. The second-order valence-corrected chi connectivity index (χ2v) is 16.7. The summed E-state index contributed by atoms with van der Waals surface area (Å²) in [6.45, 7) is 0. The van der Waals surface area contributed by atoms with E-state index in [1.165, 1.54) is 66.8 Å². The van der Waals surface area contributed by atoms with E-state index < -0.39 is 5.41 Å². The molecule has 63 heavy (non-hydrogen) atoms. The Morgan fingerprint density at radius 1 is 0.302 bits per heavy atom. The molecule has 0 fully saturated rings. The standard InChI is InChI=1S/C61H39NO/c1-2-14-40(15-3-1)41-28-30-42(31-29-41)43-32-36-45(37-33-43)62(46-38-34-44(35-39-46)47-20-12-21-51-50-18-7-11-27-58(50)63-60(47)51)57-26-13-25-56-59(57)52-19-6-10-24-55(52)61(56)53-22-8-4-16-48(53)49-17-5-9-23-54(49)61/h1-39H. The lowest BCUT2D eigenvalue weighted by molar-refractivity contribution is 0.670. The summed E-state index contributed by atoms with van der Waals surface area (Å²) >= 11 is 0. The lowest BCUT2D eigenvalue weighted by Crippen LogP contribution is -2.26. The molecular weight excluding hydrogens is 763 g/mol. The molecule has 2 nitrogen and oxygen atoms in total. The van der Waals surface area contributed by atoms with Crippen molar-refractivity contribution in [1.82, 2.24) is 0 Å². The van der Waals surface area contributed by atoms with Crippen LogP contribution in [0.1, 0.15) is 22.3 Å². The molecule has 0 aliphatic heterocycles. The Balaban J connectivity index is 0.987. The molecule has 0 radical (unpaired) electrons. The number of benzene rings is 10. The summed E-state index contributed by atoms with van der Waals surface area (Å²) in [7, 11) is 0. The van der Waals surface area contributed by atoms with Gasteiger partial charge in [-0.1, -0.05) is 200 Å². The monoisotopic (exact) mass is 801 g/mol. The lowest BCUT2D eigenvalue weighted by Gasteiger charge is -2.32. The Kier molecular flexibility index (Phi) is 7.85. The van der Waals surface area contributed by atoms with E-state index in [0.29, 0.717) is 0 Å². The van der Waals surface area contributed by atoms with Gasteiger partial charge in [-0.3, -0.25) is 0 Å². The Morgan fingerprint density at radius 2 is 0.746 bits per heavy atom. The van der Waals surface area contributed by atoms with E-state index in [9.17, 15) is 0 Å². The van der Waals surface area contributed by atoms with Gasteiger partial charge in [0.15, 0.2) is 0 Å². The van der Waals surface area contributed by atoms with Crippen LogP contribution in [0.3, 0.4) is 0 Å². The van der Waals surface area contributed by atoms with Crippen molar-refractivity contribution in [3.8, 4) is 55.6 Å². The molecule has 2 heteroatoms. The molecule has 1 heterocycles. The van der Waals surface area contributed by atoms with Crippen LogP contribution in [0, 0.1) is 0 Å². The van der Waals surface area contributed by atoms with Crippen LogP contribution in [0.4, 0.5) is 17.1 Å². The second-order valence-electron chi connectivity index (χ2n) is 16.7. The van der Waals surface area contributed by atoms with Crippen LogP contribution < -0.4 is 4.90 Å². The number of para-hydroxylation sites is 2. The average Bonchev–Trinajstić information content (AvgIpc) is 4.00. The Hall–Kier alpha value is -8.20. The van der Waals surface area contributed by atoms with Gasteiger partial charge in [-0.15, -0.1) is 0 Å². The highest BCUT2D eigenvalue weighted by Crippen LogP contribution is 2.64. The first-order valence-electron chi connectivity index (χ1n) is 21.8. The Bertz CT molecular complexity index is 3500. The molecule has 13 rings (SSSR count). The summed E-state index contributed by atoms with van der Waals surface area (Å²) in [6.07, 6.45) is 0. The molecule has 0 N–H and O–H groups in total. The van der Waals surface area contributed by atoms with Crippen molar-refractivity contribution in [3.05, 3.63) is 259 Å². The number of hydrogen-bond donors (Lipinski definition) is 0. The van der Waals surface area contributed by atoms with Gasteiger partial charge < -0.3 is 9.32 Å². The molecule has 2 aliphatic rings. The summed E-state index contributed by atoms with van der Waals surface area (Å²) in [4.78, 5) is 2.45. The normalized spacial score (nSPS) is 12.9. The highest BCUT2D eigenvalue weighted by Gasteiger charge is 2.52. The SMILES string of the molecule is c1ccc(-c2ccc(-c3ccc(N(c4ccc(-c5cccc6c5oc5ccccc56)cc4)c4cccc5c4-c4ccccc4C54c5ccccc5-c5ccccc54)cc3)cc2)cc1. The van der Waals surface area contributed by atoms with E-state index in [-0.39, 0.29) is 0 Å². The minimum absolute atomic E-state index is 0.439. The van der Waals surface area contributed by atoms with Crippen LogP contribution >= 0.6 is 0 Å². The van der Waals surface area contributed by atoms with Gasteiger partial charge in [0.1, 0.15) is 11.2 Å². The molecule has 2 aliphatic carbocycles. The fourth-order valence-electron chi connectivity index (χ4n) is 10.8. The van der Waals surface area contributed by atoms with E-state index in [4.69, 9.17) is 4.42 Å². The predicted octanol–water partition coefficient (Wildman–Crippen LogP) is 16.4. The summed E-state index contributed by atoms with van der Waals surface area (Å²) in [5, 5.41) is 2.27. The van der Waals surface area contributed by atoms with Crippen molar-refractivity contribution in [3.63, 3.8) is 0 Å². The number of nitrogens with zero attached hydrogens (tertiary/aromatic N) is 1. The van der Waals surface area contributed by atoms with Crippen LogP contribution in [0.25, 0.3) is 77.6 Å². The molecule has 0 bridgehead atoms. The highest BCUT2D eigenvalue weighted by molar-refractivity contribution is 6.09. The maximum atomic E-state index is 6.50. The molecule has 10 aromatic carbocycles. The quantitative estimate of drug-likeness (QED) is 0.167. The molecule has 1 aromatic heterocycles. The van der Waals surface area contributed by atoms with Gasteiger partial charge >= 0.3 is 0 Å². The summed E-state index contributed by atoms with van der Waals surface area (Å²) < 4.78 is 6.50. The van der Waals surface area contributed by atoms with E-state index in [2.05, 4.69) is 235 Å². The van der Waals surface area contributed by atoms with Crippen molar-refractivity contribution in [1.29, 1.82) is 0 Å². The zero-order chi connectivity index (χ0) is 41.5. The molecule has 1 spiro atoms. The number of hydrogen-bond acceptors (Lipinski definition) is 2. The Morgan fingerprint density at radius 3 is 1.40 bits per heavy atom. The predicted molar refractivity (Wildman–Crippen MR) is 261 cm³/mol.